The van der Waals surface area contributed by atoms with E-state index >= 15 is 0 Å². The van der Waals surface area contributed by atoms with Gasteiger partial charge in [-0.2, -0.15) is 4.98 Å². The maximum Gasteiger partial charge on any atom is 0.407 e. The molecule has 1 aromatic heterocycles. The molecule has 0 atom stereocenters. The lowest BCUT2D eigenvalue weighted by Crippen LogP contribution is -2.42. The molecule has 0 spiro atoms. The van der Waals surface area contributed by atoms with Gasteiger partial charge in [-0.05, 0) is 65.5 Å². The van der Waals surface area contributed by atoms with Crippen molar-refractivity contribution in [3.05, 3.63) is 23.8 Å². The number of carbonyl (C=O) groups excluding carboxylic acids is 1. The summed E-state index contributed by atoms with van der Waals surface area (Å²) in [5, 5.41) is 7.55. The molecule has 0 aliphatic heterocycles. The van der Waals surface area contributed by atoms with Crippen molar-refractivity contribution in [1.29, 1.82) is 0 Å². The van der Waals surface area contributed by atoms with Crippen molar-refractivity contribution in [2.75, 3.05) is 24.3 Å². The van der Waals surface area contributed by atoms with Gasteiger partial charge in [0.15, 0.2) is 0 Å². The van der Waals surface area contributed by atoms with Crippen molar-refractivity contribution in [1.82, 2.24) is 15.3 Å². The summed E-state index contributed by atoms with van der Waals surface area (Å²) in [6.07, 6.45) is 3.38. The molecule has 1 saturated carbocycles. The van der Waals surface area contributed by atoms with E-state index in [2.05, 4.69) is 29.7 Å². The van der Waals surface area contributed by atoms with Gasteiger partial charge in [-0.1, -0.05) is 11.6 Å². The third kappa shape index (κ3) is 5.71. The van der Waals surface area contributed by atoms with E-state index in [1.54, 1.807) is 0 Å². The standard InChI is InChI=1S/C22H33N5O2/c1-14-7-12-18-17(13-14)19(27(5)6)26-20(25-18)23-15-8-10-16(11-9-15)24-21(28)29-22(2,3)4/h7,12-13,15-16H,8-11H2,1-6H3,(H,24,28)(H,23,25,26). The molecule has 2 aromatic rings. The second-order valence-electron chi connectivity index (χ2n) is 9.12. The lowest BCUT2D eigenvalue weighted by molar-refractivity contribution is 0.0492. The van der Waals surface area contributed by atoms with Crippen LogP contribution in [0.3, 0.4) is 0 Å². The average Bonchev–Trinajstić information content (AvgIpc) is 2.61. The van der Waals surface area contributed by atoms with Gasteiger partial charge in [0.05, 0.1) is 5.52 Å². The molecular weight excluding hydrogens is 366 g/mol. The van der Waals surface area contributed by atoms with Crippen LogP contribution in [0.4, 0.5) is 16.6 Å². The molecule has 3 rings (SSSR count). The van der Waals surface area contributed by atoms with Crippen molar-refractivity contribution in [2.45, 2.75) is 71.1 Å². The Kier molecular flexibility index (Phi) is 6.15. The van der Waals surface area contributed by atoms with Gasteiger partial charge in [-0.3, -0.25) is 0 Å². The van der Waals surface area contributed by atoms with Crippen molar-refractivity contribution in [2.24, 2.45) is 0 Å². The highest BCUT2D eigenvalue weighted by Crippen LogP contribution is 2.27. The number of amides is 1. The zero-order chi connectivity index (χ0) is 21.2. The van der Waals surface area contributed by atoms with E-state index in [0.717, 1.165) is 42.4 Å². The lowest BCUT2D eigenvalue weighted by Gasteiger charge is -2.30. The Bertz CT molecular complexity index is 867. The van der Waals surface area contributed by atoms with Crippen LogP contribution in [0.2, 0.25) is 0 Å². The van der Waals surface area contributed by atoms with Crippen LogP contribution in [-0.4, -0.2) is 47.8 Å². The van der Waals surface area contributed by atoms with Gasteiger partial charge in [-0.25, -0.2) is 9.78 Å². The van der Waals surface area contributed by atoms with Gasteiger partial charge in [0.25, 0.3) is 0 Å². The summed E-state index contributed by atoms with van der Waals surface area (Å²) in [7, 11) is 4.00. The predicted molar refractivity (Wildman–Crippen MR) is 118 cm³/mol. The number of ether oxygens (including phenoxy) is 1. The highest BCUT2D eigenvalue weighted by atomic mass is 16.6. The van der Waals surface area contributed by atoms with E-state index in [1.807, 2.05) is 45.8 Å². The van der Waals surface area contributed by atoms with E-state index in [-0.39, 0.29) is 12.1 Å². The Morgan fingerprint density at radius 3 is 2.38 bits per heavy atom. The summed E-state index contributed by atoms with van der Waals surface area (Å²) < 4.78 is 5.36. The number of rotatable bonds is 4. The first-order valence-corrected chi connectivity index (χ1v) is 10.3. The summed E-state index contributed by atoms with van der Waals surface area (Å²) in [6, 6.07) is 6.70. The summed E-state index contributed by atoms with van der Waals surface area (Å²) in [5.74, 6) is 1.58. The number of hydrogen-bond acceptors (Lipinski definition) is 6. The molecule has 0 saturated heterocycles. The molecule has 1 heterocycles. The smallest absolute Gasteiger partial charge is 0.407 e. The fourth-order valence-corrected chi connectivity index (χ4v) is 3.67. The third-order valence-corrected chi connectivity index (χ3v) is 5.04. The number of anilines is 2. The summed E-state index contributed by atoms with van der Waals surface area (Å²) >= 11 is 0. The Balaban J connectivity index is 1.62. The topological polar surface area (TPSA) is 79.4 Å². The SMILES string of the molecule is Cc1ccc2nc(NC3CCC(NC(=O)OC(C)(C)C)CC3)nc(N(C)C)c2c1. The van der Waals surface area contributed by atoms with Gasteiger partial charge in [0, 0.05) is 31.6 Å². The van der Waals surface area contributed by atoms with Crippen LogP contribution in [0.25, 0.3) is 10.9 Å². The minimum atomic E-state index is -0.473. The molecule has 0 radical (unpaired) electrons. The van der Waals surface area contributed by atoms with E-state index in [1.165, 1.54) is 5.56 Å². The van der Waals surface area contributed by atoms with E-state index in [4.69, 9.17) is 14.7 Å². The second-order valence-corrected chi connectivity index (χ2v) is 9.12. The molecule has 2 N–H and O–H groups in total. The summed E-state index contributed by atoms with van der Waals surface area (Å²) in [5.41, 5.74) is 1.66. The highest BCUT2D eigenvalue weighted by molar-refractivity contribution is 5.90. The predicted octanol–water partition coefficient (Wildman–Crippen LogP) is 4.25. The zero-order valence-electron chi connectivity index (χ0n) is 18.4. The van der Waals surface area contributed by atoms with Crippen LogP contribution < -0.4 is 15.5 Å². The van der Waals surface area contributed by atoms with Crippen LogP contribution in [0.15, 0.2) is 18.2 Å². The Hall–Kier alpha value is -2.57. The molecule has 1 fully saturated rings. The molecule has 158 valence electrons. The van der Waals surface area contributed by atoms with Crippen molar-refractivity contribution < 1.29 is 9.53 Å². The van der Waals surface area contributed by atoms with E-state index < -0.39 is 5.60 Å². The molecule has 1 amide bonds. The number of alkyl carbamates (subject to hydrolysis) is 1. The van der Waals surface area contributed by atoms with Crippen LogP contribution in [-0.2, 0) is 4.74 Å². The summed E-state index contributed by atoms with van der Waals surface area (Å²) in [4.78, 5) is 23.5. The number of fused-ring (bicyclic) bond motifs is 1. The van der Waals surface area contributed by atoms with Crippen LogP contribution >= 0.6 is 0 Å². The molecule has 0 bridgehead atoms. The minimum absolute atomic E-state index is 0.153. The first-order valence-electron chi connectivity index (χ1n) is 10.3. The molecule has 0 unspecified atom stereocenters. The molecule has 7 heteroatoms. The monoisotopic (exact) mass is 399 g/mol. The normalized spacial score (nSPS) is 19.7. The van der Waals surface area contributed by atoms with Crippen molar-refractivity contribution in [3.8, 4) is 0 Å². The van der Waals surface area contributed by atoms with Crippen LogP contribution in [0.1, 0.15) is 52.0 Å². The number of carbonyl (C=O) groups is 1. The maximum atomic E-state index is 12.0. The second kappa shape index (κ2) is 8.43. The first-order chi connectivity index (χ1) is 13.6. The van der Waals surface area contributed by atoms with Gasteiger partial charge in [-0.15, -0.1) is 0 Å². The van der Waals surface area contributed by atoms with Crippen molar-refractivity contribution >= 4 is 28.8 Å². The van der Waals surface area contributed by atoms with Gasteiger partial charge in [0.2, 0.25) is 5.95 Å². The molecule has 1 aliphatic carbocycles. The fraction of sp³-hybridized carbons (Fsp3) is 0.591. The highest BCUT2D eigenvalue weighted by Gasteiger charge is 2.25. The largest absolute Gasteiger partial charge is 0.444 e. The number of benzene rings is 1. The molecule has 1 aliphatic rings. The van der Waals surface area contributed by atoms with Crippen molar-refractivity contribution in [3.63, 3.8) is 0 Å². The maximum absolute atomic E-state index is 12.0. The quantitative estimate of drug-likeness (QED) is 0.800. The molecule has 1 aromatic carbocycles. The lowest BCUT2D eigenvalue weighted by atomic mass is 9.91. The van der Waals surface area contributed by atoms with E-state index in [0.29, 0.717) is 12.0 Å². The van der Waals surface area contributed by atoms with Crippen LogP contribution in [0, 0.1) is 6.92 Å². The van der Waals surface area contributed by atoms with Crippen LogP contribution in [0.5, 0.6) is 0 Å². The minimum Gasteiger partial charge on any atom is -0.444 e. The van der Waals surface area contributed by atoms with E-state index in [9.17, 15) is 4.79 Å². The zero-order valence-corrected chi connectivity index (χ0v) is 18.4. The van der Waals surface area contributed by atoms with Gasteiger partial charge >= 0.3 is 6.09 Å². The molecule has 29 heavy (non-hydrogen) atoms. The number of aryl methyl sites for hydroxylation is 1. The number of aromatic nitrogens is 2. The Morgan fingerprint density at radius 1 is 1.10 bits per heavy atom. The number of hydrogen-bond donors (Lipinski definition) is 2. The fourth-order valence-electron chi connectivity index (χ4n) is 3.67. The van der Waals surface area contributed by atoms with Gasteiger partial charge < -0.3 is 20.3 Å². The Morgan fingerprint density at radius 2 is 1.76 bits per heavy atom. The first kappa shape index (κ1) is 21.1. The Labute approximate surface area is 173 Å². The number of nitrogens with zero attached hydrogens (tertiary/aromatic N) is 3. The molecular formula is C22H33N5O2. The molecule has 7 nitrogen and oxygen atoms in total. The number of nitrogens with one attached hydrogen (secondary N) is 2. The summed E-state index contributed by atoms with van der Waals surface area (Å²) in [6.45, 7) is 7.70. The average molecular weight is 400 g/mol. The third-order valence-electron chi connectivity index (χ3n) is 5.04. The van der Waals surface area contributed by atoms with Gasteiger partial charge in [0.1, 0.15) is 11.4 Å².